The maximum Gasteiger partial charge on any atom is 0.264 e. The van der Waals surface area contributed by atoms with Crippen molar-refractivity contribution in [1.82, 2.24) is 19.5 Å². The zero-order valence-electron chi connectivity index (χ0n) is 12.4. The van der Waals surface area contributed by atoms with Crippen molar-refractivity contribution in [1.29, 1.82) is 0 Å². The van der Waals surface area contributed by atoms with Gasteiger partial charge in [0.15, 0.2) is 0 Å². The normalized spacial score (nSPS) is 11.0. The summed E-state index contributed by atoms with van der Waals surface area (Å²) in [5.41, 5.74) is 0.968. The molecule has 22 heavy (non-hydrogen) atoms. The van der Waals surface area contributed by atoms with Crippen LogP contribution < -0.4 is 5.56 Å². The lowest BCUT2D eigenvalue weighted by Gasteiger charge is -2.19. The van der Waals surface area contributed by atoms with Gasteiger partial charge in [-0.25, -0.2) is 4.52 Å². The maximum absolute atomic E-state index is 12.6. The minimum Gasteiger partial charge on any atom is -0.467 e. The number of carbonyl (C=O) groups excluding carboxylic acids is 1. The molecule has 0 saturated carbocycles. The van der Waals surface area contributed by atoms with E-state index in [0.717, 1.165) is 5.69 Å². The predicted octanol–water partition coefficient (Wildman–Crippen LogP) is 1.59. The van der Waals surface area contributed by atoms with Gasteiger partial charge in [-0.3, -0.25) is 9.59 Å². The molecule has 7 heteroatoms. The van der Waals surface area contributed by atoms with Gasteiger partial charge >= 0.3 is 0 Å². The molecular formula is C15H16N4O3. The number of hydrogen-bond acceptors (Lipinski definition) is 4. The van der Waals surface area contributed by atoms with Gasteiger partial charge in [-0.1, -0.05) is 0 Å². The number of furan rings is 1. The van der Waals surface area contributed by atoms with Crippen LogP contribution in [-0.4, -0.2) is 31.9 Å². The van der Waals surface area contributed by atoms with E-state index in [1.165, 1.54) is 10.7 Å². The largest absolute Gasteiger partial charge is 0.467 e. The smallest absolute Gasteiger partial charge is 0.264 e. The van der Waals surface area contributed by atoms with E-state index >= 15 is 0 Å². The first-order chi connectivity index (χ1) is 10.6. The first kappa shape index (κ1) is 14.1. The van der Waals surface area contributed by atoms with E-state index in [4.69, 9.17) is 4.42 Å². The Morgan fingerprint density at radius 3 is 3.00 bits per heavy atom. The highest BCUT2D eigenvalue weighted by atomic mass is 16.3. The average Bonchev–Trinajstić information content (AvgIpc) is 3.11. The third kappa shape index (κ3) is 2.52. The Labute approximate surface area is 126 Å². The molecule has 3 aromatic heterocycles. The Morgan fingerprint density at radius 2 is 2.32 bits per heavy atom. The van der Waals surface area contributed by atoms with E-state index in [9.17, 15) is 9.59 Å². The van der Waals surface area contributed by atoms with Crippen molar-refractivity contribution in [2.45, 2.75) is 20.4 Å². The second kappa shape index (κ2) is 5.51. The second-order valence-corrected chi connectivity index (χ2v) is 5.01. The van der Waals surface area contributed by atoms with Crippen molar-refractivity contribution in [3.05, 3.63) is 58.0 Å². The number of rotatable bonds is 4. The number of nitrogens with zero attached hydrogens (tertiary/aromatic N) is 3. The first-order valence-electron chi connectivity index (χ1n) is 6.99. The van der Waals surface area contributed by atoms with Crippen molar-refractivity contribution in [2.24, 2.45) is 0 Å². The highest BCUT2D eigenvalue weighted by Crippen LogP contribution is 2.09. The number of amides is 1. The Balaban J connectivity index is 1.95. The fraction of sp³-hybridized carbons (Fsp3) is 0.267. The number of aromatic amines is 1. The summed E-state index contributed by atoms with van der Waals surface area (Å²) in [6, 6.07) is 5.30. The quantitative estimate of drug-likeness (QED) is 0.793. The highest BCUT2D eigenvalue weighted by molar-refractivity contribution is 5.93. The van der Waals surface area contributed by atoms with Gasteiger partial charge in [0.25, 0.3) is 11.5 Å². The van der Waals surface area contributed by atoms with Gasteiger partial charge in [0.1, 0.15) is 17.0 Å². The molecule has 3 aromatic rings. The topological polar surface area (TPSA) is 83.6 Å². The SMILES string of the molecule is CCN(Cc1ccco1)C(=O)c1cn2nc(C)cc2[nH]c1=O. The van der Waals surface area contributed by atoms with Crippen molar-refractivity contribution in [2.75, 3.05) is 6.54 Å². The van der Waals surface area contributed by atoms with Crippen LogP contribution in [0.4, 0.5) is 0 Å². The molecule has 0 bridgehead atoms. The Bertz CT molecular complexity index is 861. The third-order valence-corrected chi connectivity index (χ3v) is 3.42. The lowest BCUT2D eigenvalue weighted by molar-refractivity contribution is 0.0739. The zero-order valence-corrected chi connectivity index (χ0v) is 12.4. The van der Waals surface area contributed by atoms with Crippen LogP contribution in [0.3, 0.4) is 0 Å². The van der Waals surface area contributed by atoms with E-state index < -0.39 is 5.56 Å². The van der Waals surface area contributed by atoms with Crippen molar-refractivity contribution in [3.63, 3.8) is 0 Å². The van der Waals surface area contributed by atoms with Crippen LogP contribution in [-0.2, 0) is 6.54 Å². The Morgan fingerprint density at radius 1 is 1.50 bits per heavy atom. The van der Waals surface area contributed by atoms with Gasteiger partial charge < -0.3 is 14.3 Å². The molecular weight excluding hydrogens is 284 g/mol. The molecule has 7 nitrogen and oxygen atoms in total. The summed E-state index contributed by atoms with van der Waals surface area (Å²) in [7, 11) is 0. The fourth-order valence-electron chi connectivity index (χ4n) is 2.31. The van der Waals surface area contributed by atoms with Gasteiger partial charge in [0.05, 0.1) is 18.5 Å². The summed E-state index contributed by atoms with van der Waals surface area (Å²) < 4.78 is 6.76. The van der Waals surface area contributed by atoms with E-state index in [0.29, 0.717) is 24.5 Å². The van der Waals surface area contributed by atoms with Gasteiger partial charge in [-0.15, -0.1) is 0 Å². The summed E-state index contributed by atoms with van der Waals surface area (Å²) in [6.07, 6.45) is 3.02. The second-order valence-electron chi connectivity index (χ2n) is 5.01. The minimum atomic E-state index is -0.421. The van der Waals surface area contributed by atoms with Crippen LogP contribution >= 0.6 is 0 Å². The van der Waals surface area contributed by atoms with Crippen molar-refractivity contribution >= 4 is 11.6 Å². The number of H-pyrrole nitrogens is 1. The summed E-state index contributed by atoms with van der Waals surface area (Å²) >= 11 is 0. The first-order valence-corrected chi connectivity index (χ1v) is 6.99. The van der Waals surface area contributed by atoms with Gasteiger partial charge in [-0.05, 0) is 26.0 Å². The molecule has 3 heterocycles. The lowest BCUT2D eigenvalue weighted by atomic mass is 10.2. The number of aryl methyl sites for hydroxylation is 1. The predicted molar refractivity (Wildman–Crippen MR) is 79.7 cm³/mol. The molecule has 1 N–H and O–H groups in total. The molecule has 0 aliphatic rings. The average molecular weight is 300 g/mol. The molecule has 0 radical (unpaired) electrons. The Hall–Kier alpha value is -2.83. The van der Waals surface area contributed by atoms with Crippen LogP contribution in [0.15, 0.2) is 39.9 Å². The molecule has 3 rings (SSSR count). The maximum atomic E-state index is 12.6. The van der Waals surface area contributed by atoms with Crippen molar-refractivity contribution < 1.29 is 9.21 Å². The molecule has 1 amide bonds. The molecule has 0 unspecified atom stereocenters. The summed E-state index contributed by atoms with van der Waals surface area (Å²) in [6.45, 7) is 4.46. The number of hydrogen-bond donors (Lipinski definition) is 1. The number of fused-ring (bicyclic) bond motifs is 1. The summed E-state index contributed by atoms with van der Waals surface area (Å²) in [5.74, 6) is 0.317. The molecule has 114 valence electrons. The fourth-order valence-corrected chi connectivity index (χ4v) is 2.31. The minimum absolute atomic E-state index is 0.0593. The van der Waals surface area contributed by atoms with E-state index in [2.05, 4.69) is 10.1 Å². The number of nitrogens with one attached hydrogen (secondary N) is 1. The van der Waals surface area contributed by atoms with Crippen LogP contribution in [0.25, 0.3) is 5.65 Å². The number of aromatic nitrogens is 3. The molecule has 0 aliphatic carbocycles. The van der Waals surface area contributed by atoms with Crippen LogP contribution in [0.1, 0.15) is 28.7 Å². The van der Waals surface area contributed by atoms with Gasteiger partial charge in [0.2, 0.25) is 0 Å². The zero-order chi connectivity index (χ0) is 15.7. The molecule has 0 spiro atoms. The summed E-state index contributed by atoms with van der Waals surface area (Å²) in [4.78, 5) is 29.0. The van der Waals surface area contributed by atoms with Crippen LogP contribution in [0.5, 0.6) is 0 Å². The molecule has 0 atom stereocenters. The van der Waals surface area contributed by atoms with Gasteiger partial charge in [0, 0.05) is 18.8 Å². The summed E-state index contributed by atoms with van der Waals surface area (Å²) in [5, 5.41) is 4.22. The molecule has 0 fully saturated rings. The monoisotopic (exact) mass is 300 g/mol. The van der Waals surface area contributed by atoms with E-state index in [-0.39, 0.29) is 11.5 Å². The van der Waals surface area contributed by atoms with E-state index in [1.807, 2.05) is 13.8 Å². The van der Waals surface area contributed by atoms with Crippen LogP contribution in [0.2, 0.25) is 0 Å². The third-order valence-electron chi connectivity index (χ3n) is 3.42. The van der Waals surface area contributed by atoms with Gasteiger partial charge in [-0.2, -0.15) is 5.10 Å². The molecule has 0 aromatic carbocycles. The molecule has 0 saturated heterocycles. The van der Waals surface area contributed by atoms with Crippen LogP contribution in [0, 0.1) is 6.92 Å². The lowest BCUT2D eigenvalue weighted by Crippen LogP contribution is -2.34. The van der Waals surface area contributed by atoms with Crippen molar-refractivity contribution in [3.8, 4) is 0 Å². The highest BCUT2D eigenvalue weighted by Gasteiger charge is 2.20. The Kier molecular flexibility index (Phi) is 3.54. The van der Waals surface area contributed by atoms with E-state index in [1.54, 1.807) is 29.4 Å². The molecule has 0 aliphatic heterocycles. The number of carbonyl (C=O) groups is 1. The standard InChI is InChI=1S/C15H16N4O3/c1-3-18(8-11-5-4-6-22-11)15(21)12-9-19-13(16-14(12)20)7-10(2)17-19/h4-7,9H,3,8H2,1-2H3,(H,16,20).